The lowest BCUT2D eigenvalue weighted by Gasteiger charge is -2.09. The molecule has 0 rings (SSSR count). The third kappa shape index (κ3) is 3.07. The van der Waals surface area contributed by atoms with Gasteiger partial charge in [-0.25, -0.2) is 0 Å². The van der Waals surface area contributed by atoms with E-state index in [-0.39, 0.29) is 5.92 Å². The fourth-order valence-electron chi connectivity index (χ4n) is 0.481. The summed E-state index contributed by atoms with van der Waals surface area (Å²) < 4.78 is 4.72. The number of hydrogen-bond acceptors (Lipinski definition) is 3. The summed E-state index contributed by atoms with van der Waals surface area (Å²) in [6.45, 7) is 2.19. The summed E-state index contributed by atoms with van der Waals surface area (Å²) in [6, 6.07) is 1.73. The lowest BCUT2D eigenvalue weighted by molar-refractivity contribution is 0.0876. The molecule has 0 saturated carbocycles. The van der Waals surface area contributed by atoms with Crippen molar-refractivity contribution in [3.8, 4) is 6.07 Å². The van der Waals surface area contributed by atoms with Crippen LogP contribution >= 0.6 is 0 Å². The molecule has 2 atom stereocenters. The second kappa shape index (κ2) is 4.30. The molecule has 0 radical (unpaired) electrons. The number of aliphatic hydroxyl groups excluding tert-OH is 1. The predicted molar refractivity (Wildman–Crippen MR) is 32.7 cm³/mol. The molecule has 9 heavy (non-hydrogen) atoms. The summed E-state index contributed by atoms with van der Waals surface area (Å²) in [5.41, 5.74) is 0. The quantitative estimate of drug-likeness (QED) is 0.552. The molecule has 3 nitrogen and oxygen atoms in total. The van der Waals surface area contributed by atoms with E-state index in [1.54, 1.807) is 20.1 Å². The Hall–Kier alpha value is -0.590. The van der Waals surface area contributed by atoms with E-state index in [1.165, 1.54) is 0 Å². The molecule has 0 aromatic rings. The maximum absolute atomic E-state index is 8.82. The van der Waals surface area contributed by atoms with Crippen LogP contribution in [0, 0.1) is 17.2 Å². The van der Waals surface area contributed by atoms with Crippen LogP contribution in [0.4, 0.5) is 0 Å². The summed E-state index contributed by atoms with van der Waals surface area (Å²) in [4.78, 5) is 0. The first-order chi connectivity index (χ1) is 4.22. The predicted octanol–water partition coefficient (Wildman–Crippen LogP) is 0.153. The minimum atomic E-state index is -0.898. The summed E-state index contributed by atoms with van der Waals surface area (Å²) in [6.07, 6.45) is -0.898. The summed E-state index contributed by atoms with van der Waals surface area (Å²) in [5, 5.41) is 17.0. The summed E-state index contributed by atoms with van der Waals surface area (Å²) >= 11 is 0. The average Bonchev–Trinajstić information content (AvgIpc) is 1.87. The van der Waals surface area contributed by atoms with Crippen molar-refractivity contribution in [2.24, 2.45) is 5.92 Å². The number of rotatable bonds is 3. The largest absolute Gasteiger partial charge is 0.384 e. The number of nitriles is 1. The van der Waals surface area contributed by atoms with Gasteiger partial charge >= 0.3 is 0 Å². The maximum atomic E-state index is 8.82. The first kappa shape index (κ1) is 8.41. The Morgan fingerprint density at radius 2 is 2.33 bits per heavy atom. The van der Waals surface area contributed by atoms with E-state index in [0.717, 1.165) is 0 Å². The van der Waals surface area contributed by atoms with E-state index in [4.69, 9.17) is 15.1 Å². The number of nitrogens with zero attached hydrogens (tertiary/aromatic N) is 1. The molecule has 0 spiro atoms. The van der Waals surface area contributed by atoms with E-state index in [0.29, 0.717) is 6.61 Å². The van der Waals surface area contributed by atoms with Crippen LogP contribution in [-0.4, -0.2) is 24.9 Å². The fraction of sp³-hybridized carbons (Fsp3) is 0.833. The molecule has 2 unspecified atom stereocenters. The Morgan fingerprint density at radius 1 is 1.78 bits per heavy atom. The van der Waals surface area contributed by atoms with Gasteiger partial charge in [0.2, 0.25) is 0 Å². The van der Waals surface area contributed by atoms with Crippen molar-refractivity contribution >= 4 is 0 Å². The minimum Gasteiger partial charge on any atom is -0.384 e. The van der Waals surface area contributed by atoms with Gasteiger partial charge in [-0.1, -0.05) is 6.92 Å². The van der Waals surface area contributed by atoms with Crippen molar-refractivity contribution in [1.82, 2.24) is 0 Å². The second-order valence-corrected chi connectivity index (χ2v) is 2.01. The highest BCUT2D eigenvalue weighted by Crippen LogP contribution is 2.00. The maximum Gasteiger partial charge on any atom is 0.145 e. The van der Waals surface area contributed by atoms with Gasteiger partial charge in [0, 0.05) is 13.0 Å². The van der Waals surface area contributed by atoms with Gasteiger partial charge < -0.3 is 9.84 Å². The average molecular weight is 129 g/mol. The molecule has 0 bridgehead atoms. The normalized spacial score (nSPS) is 16.2. The molecule has 0 aliphatic carbocycles. The van der Waals surface area contributed by atoms with Gasteiger partial charge in [0.1, 0.15) is 6.10 Å². The standard InChI is InChI=1S/C6H11NO2/c1-5(4-9-2)6(8)3-7/h5-6,8H,4H2,1-2H3. The SMILES string of the molecule is COCC(C)C(O)C#N. The molecule has 0 amide bonds. The highest BCUT2D eigenvalue weighted by Gasteiger charge is 2.11. The Labute approximate surface area is 54.9 Å². The van der Waals surface area contributed by atoms with E-state index in [1.807, 2.05) is 0 Å². The van der Waals surface area contributed by atoms with Gasteiger partial charge in [0.25, 0.3) is 0 Å². The number of ether oxygens (including phenoxy) is 1. The summed E-state index contributed by atoms with van der Waals surface area (Å²) in [5.74, 6) is -0.0972. The van der Waals surface area contributed by atoms with E-state index in [2.05, 4.69) is 0 Å². The van der Waals surface area contributed by atoms with Crippen LogP contribution in [0.15, 0.2) is 0 Å². The molecular formula is C6H11NO2. The van der Waals surface area contributed by atoms with Crippen LogP contribution < -0.4 is 0 Å². The first-order valence-electron chi connectivity index (χ1n) is 2.79. The van der Waals surface area contributed by atoms with Crippen LogP contribution in [0.3, 0.4) is 0 Å². The van der Waals surface area contributed by atoms with Gasteiger partial charge in [-0.2, -0.15) is 5.26 Å². The van der Waals surface area contributed by atoms with Crippen LogP contribution in [0.1, 0.15) is 6.92 Å². The lowest BCUT2D eigenvalue weighted by Crippen LogP contribution is -2.19. The third-order valence-corrected chi connectivity index (χ3v) is 1.10. The minimum absolute atomic E-state index is 0.0972. The molecule has 0 aromatic carbocycles. The molecule has 0 aromatic heterocycles. The molecule has 0 heterocycles. The number of aliphatic hydroxyl groups is 1. The van der Waals surface area contributed by atoms with Gasteiger partial charge in [-0.05, 0) is 0 Å². The van der Waals surface area contributed by atoms with Crippen LogP contribution in [0.5, 0.6) is 0 Å². The Morgan fingerprint density at radius 3 is 2.67 bits per heavy atom. The Balaban J connectivity index is 3.48. The number of hydrogen-bond donors (Lipinski definition) is 1. The third-order valence-electron chi connectivity index (χ3n) is 1.10. The fourth-order valence-corrected chi connectivity index (χ4v) is 0.481. The highest BCUT2D eigenvalue weighted by molar-refractivity contribution is 4.85. The van der Waals surface area contributed by atoms with Crippen LogP contribution in [0.25, 0.3) is 0 Å². The molecule has 0 fully saturated rings. The highest BCUT2D eigenvalue weighted by atomic mass is 16.5. The topological polar surface area (TPSA) is 53.2 Å². The van der Waals surface area contributed by atoms with Crippen LogP contribution in [0.2, 0.25) is 0 Å². The van der Waals surface area contributed by atoms with Crippen LogP contribution in [-0.2, 0) is 4.74 Å². The van der Waals surface area contributed by atoms with Gasteiger partial charge in [0.05, 0.1) is 12.7 Å². The van der Waals surface area contributed by atoms with Crippen molar-refractivity contribution in [2.45, 2.75) is 13.0 Å². The van der Waals surface area contributed by atoms with Crippen molar-refractivity contribution < 1.29 is 9.84 Å². The first-order valence-corrected chi connectivity index (χ1v) is 2.79. The zero-order chi connectivity index (χ0) is 7.28. The Bertz CT molecular complexity index is 108. The monoisotopic (exact) mass is 129 g/mol. The Kier molecular flexibility index (Phi) is 4.02. The van der Waals surface area contributed by atoms with Gasteiger partial charge in [-0.15, -0.1) is 0 Å². The molecule has 3 heteroatoms. The zero-order valence-corrected chi connectivity index (χ0v) is 5.66. The molecule has 0 aliphatic rings. The van der Waals surface area contributed by atoms with Crippen molar-refractivity contribution in [1.29, 1.82) is 5.26 Å². The van der Waals surface area contributed by atoms with Crippen molar-refractivity contribution in [3.05, 3.63) is 0 Å². The smallest absolute Gasteiger partial charge is 0.145 e. The second-order valence-electron chi connectivity index (χ2n) is 2.01. The lowest BCUT2D eigenvalue weighted by atomic mass is 10.1. The summed E-state index contributed by atoms with van der Waals surface area (Å²) in [7, 11) is 1.54. The van der Waals surface area contributed by atoms with E-state index >= 15 is 0 Å². The van der Waals surface area contributed by atoms with Crippen molar-refractivity contribution in [2.75, 3.05) is 13.7 Å². The molecular weight excluding hydrogens is 118 g/mol. The molecule has 0 aliphatic heterocycles. The van der Waals surface area contributed by atoms with E-state index in [9.17, 15) is 0 Å². The van der Waals surface area contributed by atoms with Gasteiger partial charge in [-0.3, -0.25) is 0 Å². The number of methoxy groups -OCH3 is 1. The molecule has 1 N–H and O–H groups in total. The zero-order valence-electron chi connectivity index (χ0n) is 5.66. The van der Waals surface area contributed by atoms with E-state index < -0.39 is 6.10 Å². The van der Waals surface area contributed by atoms with Gasteiger partial charge in [0.15, 0.2) is 0 Å². The molecule has 52 valence electrons. The van der Waals surface area contributed by atoms with Crippen molar-refractivity contribution in [3.63, 3.8) is 0 Å². The molecule has 0 saturated heterocycles.